The van der Waals surface area contributed by atoms with Crippen LogP contribution >= 0.6 is 27.5 Å². The van der Waals surface area contributed by atoms with Crippen molar-refractivity contribution in [1.82, 2.24) is 4.37 Å². The normalized spacial score (nSPS) is 9.80. The van der Waals surface area contributed by atoms with Crippen molar-refractivity contribution in [1.29, 1.82) is 0 Å². The van der Waals surface area contributed by atoms with Crippen LogP contribution in [0.5, 0.6) is 0 Å². The molecule has 54 valence electrons. The smallest absolute Gasteiger partial charge is 0.176 e. The lowest BCUT2D eigenvalue weighted by molar-refractivity contribution is 0.102. The molecule has 1 rings (SSSR count). The fourth-order valence-electron chi connectivity index (χ4n) is 0.632. The quantitative estimate of drug-likeness (QED) is 0.563. The van der Waals surface area contributed by atoms with E-state index in [4.69, 9.17) is 0 Å². The number of Topliss-reactive ketones (excluding diaryl/α,β-unsaturated/α-hetero) is 1. The van der Waals surface area contributed by atoms with Crippen molar-refractivity contribution in [2.45, 2.75) is 6.92 Å². The highest BCUT2D eigenvalue weighted by Crippen LogP contribution is 2.10. The van der Waals surface area contributed by atoms with E-state index in [1.165, 1.54) is 11.5 Å². The zero-order valence-corrected chi connectivity index (χ0v) is 7.83. The van der Waals surface area contributed by atoms with Crippen molar-refractivity contribution in [3.63, 3.8) is 0 Å². The van der Waals surface area contributed by atoms with Crippen molar-refractivity contribution < 1.29 is 4.79 Å². The van der Waals surface area contributed by atoms with Gasteiger partial charge in [-0.1, -0.05) is 15.9 Å². The third-order valence-corrected chi connectivity index (χ3v) is 2.40. The number of carbonyl (C=O) groups is 1. The molecule has 1 aromatic rings. The van der Waals surface area contributed by atoms with Gasteiger partial charge in [-0.15, -0.1) is 0 Å². The van der Waals surface area contributed by atoms with E-state index in [2.05, 4.69) is 20.3 Å². The number of carbonyl (C=O) groups excluding carboxylic acids is 1. The lowest BCUT2D eigenvalue weighted by Gasteiger charge is -1.89. The largest absolute Gasteiger partial charge is 0.293 e. The minimum absolute atomic E-state index is 0.103. The first-order valence-corrected chi connectivity index (χ1v) is 4.71. The zero-order valence-electron chi connectivity index (χ0n) is 5.43. The molecule has 0 spiro atoms. The van der Waals surface area contributed by atoms with Crippen LogP contribution in [0.2, 0.25) is 0 Å². The Hall–Kier alpha value is -0.220. The molecule has 0 aliphatic heterocycles. The zero-order chi connectivity index (χ0) is 7.56. The van der Waals surface area contributed by atoms with Gasteiger partial charge >= 0.3 is 0 Å². The Kier molecular flexibility index (Phi) is 2.56. The summed E-state index contributed by atoms with van der Waals surface area (Å²) in [4.78, 5) is 11.0. The van der Waals surface area contributed by atoms with Gasteiger partial charge < -0.3 is 0 Å². The Morgan fingerprint density at radius 1 is 1.90 bits per heavy atom. The molecule has 0 bridgehead atoms. The first kappa shape index (κ1) is 7.88. The summed E-state index contributed by atoms with van der Waals surface area (Å²) < 4.78 is 3.99. The number of halogens is 1. The van der Waals surface area contributed by atoms with E-state index >= 15 is 0 Å². The summed E-state index contributed by atoms with van der Waals surface area (Å²) in [6.07, 6.45) is 0. The third kappa shape index (κ3) is 1.44. The van der Waals surface area contributed by atoms with Gasteiger partial charge in [0.25, 0.3) is 0 Å². The number of aryl methyl sites for hydroxylation is 1. The molecule has 1 aromatic heterocycles. The molecule has 0 saturated carbocycles. The highest BCUT2D eigenvalue weighted by molar-refractivity contribution is 9.09. The molecule has 4 heteroatoms. The molecule has 2 nitrogen and oxygen atoms in total. The molecule has 1 heterocycles. The Labute approximate surface area is 71.6 Å². The number of aromatic nitrogens is 1. The van der Waals surface area contributed by atoms with Gasteiger partial charge in [0, 0.05) is 5.38 Å². The Balaban J connectivity index is 2.93. The van der Waals surface area contributed by atoms with E-state index in [1.807, 2.05) is 6.92 Å². The van der Waals surface area contributed by atoms with Crippen LogP contribution in [0.4, 0.5) is 0 Å². The standard InChI is InChI=1S/C6H6BrNOS/c1-4-5(3-10-8-4)6(9)2-7/h3H,2H2,1H3. The molecule has 0 fully saturated rings. The second kappa shape index (κ2) is 3.25. The van der Waals surface area contributed by atoms with Crippen LogP contribution in [0.3, 0.4) is 0 Å². The fraction of sp³-hybridized carbons (Fsp3) is 0.333. The minimum atomic E-state index is 0.103. The molecule has 0 N–H and O–H groups in total. The molecule has 0 saturated heterocycles. The third-order valence-electron chi connectivity index (χ3n) is 1.17. The number of rotatable bonds is 2. The number of hydrogen-bond donors (Lipinski definition) is 0. The van der Waals surface area contributed by atoms with Crippen LogP contribution in [-0.2, 0) is 0 Å². The average Bonchev–Trinajstić information content (AvgIpc) is 2.34. The van der Waals surface area contributed by atoms with Crippen molar-refractivity contribution in [2.75, 3.05) is 5.33 Å². The predicted octanol–water partition coefficient (Wildman–Crippen LogP) is 2.03. The maximum Gasteiger partial charge on any atom is 0.176 e. The lowest BCUT2D eigenvalue weighted by Crippen LogP contribution is -1.99. The second-order valence-corrected chi connectivity index (χ2v) is 3.06. The molecular formula is C6H6BrNOS. The van der Waals surface area contributed by atoms with Gasteiger partial charge in [0.15, 0.2) is 5.78 Å². The number of hydrogen-bond acceptors (Lipinski definition) is 3. The van der Waals surface area contributed by atoms with Crippen LogP contribution in [-0.4, -0.2) is 15.5 Å². The minimum Gasteiger partial charge on any atom is -0.293 e. The van der Waals surface area contributed by atoms with Crippen molar-refractivity contribution in [3.8, 4) is 0 Å². The van der Waals surface area contributed by atoms with Gasteiger partial charge in [0.2, 0.25) is 0 Å². The van der Waals surface area contributed by atoms with Gasteiger partial charge in [-0.3, -0.25) is 4.79 Å². The first-order valence-electron chi connectivity index (χ1n) is 2.76. The summed E-state index contributed by atoms with van der Waals surface area (Å²) in [5.74, 6) is 0.103. The summed E-state index contributed by atoms with van der Waals surface area (Å²) >= 11 is 4.42. The van der Waals surface area contributed by atoms with Crippen LogP contribution in [0, 0.1) is 6.92 Å². The molecule has 0 atom stereocenters. The van der Waals surface area contributed by atoms with E-state index in [1.54, 1.807) is 5.38 Å². The molecular weight excluding hydrogens is 214 g/mol. The van der Waals surface area contributed by atoms with Gasteiger partial charge in [-0.2, -0.15) is 4.37 Å². The fourth-order valence-corrected chi connectivity index (χ4v) is 1.65. The summed E-state index contributed by atoms with van der Waals surface area (Å²) in [5.41, 5.74) is 1.57. The van der Waals surface area contributed by atoms with Gasteiger partial charge in [-0.25, -0.2) is 0 Å². The maximum atomic E-state index is 11.0. The summed E-state index contributed by atoms with van der Waals surface area (Å²) in [6, 6.07) is 0. The van der Waals surface area contributed by atoms with E-state index in [9.17, 15) is 4.79 Å². The monoisotopic (exact) mass is 219 g/mol. The molecule has 0 aliphatic carbocycles. The van der Waals surface area contributed by atoms with Gasteiger partial charge in [0.1, 0.15) is 0 Å². The van der Waals surface area contributed by atoms with Crippen LogP contribution in [0.1, 0.15) is 16.1 Å². The van der Waals surface area contributed by atoms with Gasteiger partial charge in [-0.05, 0) is 18.5 Å². The highest BCUT2D eigenvalue weighted by Gasteiger charge is 2.08. The van der Waals surface area contributed by atoms with Crippen molar-refractivity contribution >= 4 is 33.2 Å². The predicted molar refractivity (Wildman–Crippen MR) is 45.0 cm³/mol. The Morgan fingerprint density at radius 3 is 3.00 bits per heavy atom. The van der Waals surface area contributed by atoms with Crippen LogP contribution in [0.15, 0.2) is 5.38 Å². The molecule has 0 aromatic carbocycles. The number of nitrogens with zero attached hydrogens (tertiary/aromatic N) is 1. The average molecular weight is 220 g/mol. The van der Waals surface area contributed by atoms with E-state index in [0.29, 0.717) is 5.33 Å². The second-order valence-electron chi connectivity index (χ2n) is 1.87. The van der Waals surface area contributed by atoms with Crippen LogP contribution in [0.25, 0.3) is 0 Å². The SMILES string of the molecule is Cc1nscc1C(=O)CBr. The van der Waals surface area contributed by atoms with E-state index in [0.717, 1.165) is 11.3 Å². The van der Waals surface area contributed by atoms with E-state index in [-0.39, 0.29) is 5.78 Å². The first-order chi connectivity index (χ1) is 4.75. The van der Waals surface area contributed by atoms with Crippen molar-refractivity contribution in [2.24, 2.45) is 0 Å². The van der Waals surface area contributed by atoms with Crippen LogP contribution < -0.4 is 0 Å². The topological polar surface area (TPSA) is 30.0 Å². The Morgan fingerprint density at radius 2 is 2.60 bits per heavy atom. The number of alkyl halides is 1. The summed E-state index contributed by atoms with van der Waals surface area (Å²) in [7, 11) is 0. The molecule has 0 radical (unpaired) electrons. The molecule has 0 amide bonds. The summed E-state index contributed by atoms with van der Waals surface area (Å²) in [5, 5.41) is 2.16. The number of ketones is 1. The molecule has 0 unspecified atom stereocenters. The molecule has 0 aliphatic rings. The van der Waals surface area contributed by atoms with Gasteiger partial charge in [0.05, 0.1) is 16.6 Å². The molecule has 10 heavy (non-hydrogen) atoms. The lowest BCUT2D eigenvalue weighted by atomic mass is 10.2. The Bertz CT molecular complexity index is 246. The highest BCUT2D eigenvalue weighted by atomic mass is 79.9. The maximum absolute atomic E-state index is 11.0. The summed E-state index contributed by atoms with van der Waals surface area (Å²) in [6.45, 7) is 1.84. The van der Waals surface area contributed by atoms with Crippen molar-refractivity contribution in [3.05, 3.63) is 16.6 Å². The van der Waals surface area contributed by atoms with E-state index < -0.39 is 0 Å².